The van der Waals surface area contributed by atoms with Crippen molar-refractivity contribution < 1.29 is 0 Å². The highest BCUT2D eigenvalue weighted by molar-refractivity contribution is 9.10. The minimum atomic E-state index is 0.0912. The normalized spacial score (nSPS) is 28.8. The van der Waals surface area contributed by atoms with Gasteiger partial charge in [-0.2, -0.15) is 0 Å². The van der Waals surface area contributed by atoms with Crippen LogP contribution in [0.4, 0.5) is 5.69 Å². The van der Waals surface area contributed by atoms with E-state index in [9.17, 15) is 0 Å². The minimum Gasteiger partial charge on any atom is -0.368 e. The molecule has 0 radical (unpaired) electrons. The average Bonchev–Trinajstić information content (AvgIpc) is 2.89. The van der Waals surface area contributed by atoms with Crippen molar-refractivity contribution in [2.45, 2.75) is 38.3 Å². The molecule has 2 N–H and O–H groups in total. The van der Waals surface area contributed by atoms with E-state index in [0.29, 0.717) is 0 Å². The van der Waals surface area contributed by atoms with Crippen LogP contribution in [0.15, 0.2) is 22.7 Å². The maximum absolute atomic E-state index is 5.93. The van der Waals surface area contributed by atoms with Crippen molar-refractivity contribution in [1.29, 1.82) is 0 Å². The molecule has 2 fully saturated rings. The molecule has 3 atom stereocenters. The number of benzene rings is 1. The maximum Gasteiger partial charge on any atom is 0.0380 e. The molecule has 1 saturated heterocycles. The lowest BCUT2D eigenvalue weighted by molar-refractivity contribution is 0.553. The number of nitrogens with zero attached hydrogens (tertiary/aromatic N) is 1. The zero-order valence-corrected chi connectivity index (χ0v) is 11.8. The summed E-state index contributed by atoms with van der Waals surface area (Å²) in [5, 5.41) is 0. The number of hydrogen-bond acceptors (Lipinski definition) is 2. The molecule has 17 heavy (non-hydrogen) atoms. The van der Waals surface area contributed by atoms with Crippen LogP contribution in [0.25, 0.3) is 0 Å². The first-order valence-electron chi connectivity index (χ1n) is 6.47. The van der Waals surface area contributed by atoms with Crippen molar-refractivity contribution in [1.82, 2.24) is 0 Å². The molecule has 0 amide bonds. The molecule has 1 saturated carbocycles. The Morgan fingerprint density at radius 3 is 2.76 bits per heavy atom. The van der Waals surface area contributed by atoms with Gasteiger partial charge in [-0.15, -0.1) is 0 Å². The summed E-state index contributed by atoms with van der Waals surface area (Å²) in [7, 11) is 0. The molecular formula is C14H19BrN2. The molecule has 3 rings (SSSR count). The third-order valence-electron chi connectivity index (χ3n) is 4.22. The topological polar surface area (TPSA) is 29.3 Å². The van der Waals surface area contributed by atoms with Gasteiger partial charge < -0.3 is 10.6 Å². The van der Waals surface area contributed by atoms with Crippen LogP contribution in [-0.2, 0) is 0 Å². The van der Waals surface area contributed by atoms with Crippen LogP contribution >= 0.6 is 15.9 Å². The van der Waals surface area contributed by atoms with Gasteiger partial charge in [0.15, 0.2) is 0 Å². The van der Waals surface area contributed by atoms with Gasteiger partial charge in [-0.05, 0) is 49.8 Å². The summed E-state index contributed by atoms with van der Waals surface area (Å²) in [5.41, 5.74) is 8.48. The first-order chi connectivity index (χ1) is 8.15. The second-order valence-corrected chi connectivity index (χ2v) is 6.33. The fraction of sp³-hybridized carbons (Fsp3) is 0.571. The maximum atomic E-state index is 5.93. The highest BCUT2D eigenvalue weighted by atomic mass is 79.9. The van der Waals surface area contributed by atoms with E-state index in [1.54, 1.807) is 0 Å². The van der Waals surface area contributed by atoms with Crippen molar-refractivity contribution >= 4 is 21.6 Å². The molecule has 1 aromatic carbocycles. The number of piperidine rings is 1. The second-order valence-electron chi connectivity index (χ2n) is 5.48. The van der Waals surface area contributed by atoms with Crippen molar-refractivity contribution in [3.63, 3.8) is 0 Å². The lowest BCUT2D eigenvalue weighted by atomic mass is 10.1. The molecule has 1 aromatic rings. The van der Waals surface area contributed by atoms with Crippen LogP contribution < -0.4 is 10.6 Å². The minimum absolute atomic E-state index is 0.0912. The van der Waals surface area contributed by atoms with Gasteiger partial charge >= 0.3 is 0 Å². The second kappa shape index (κ2) is 4.29. The first-order valence-corrected chi connectivity index (χ1v) is 7.26. The van der Waals surface area contributed by atoms with Gasteiger partial charge in [0.25, 0.3) is 0 Å². The molecule has 1 aliphatic heterocycles. The molecule has 2 nitrogen and oxygen atoms in total. The number of anilines is 1. The van der Waals surface area contributed by atoms with Crippen LogP contribution in [0, 0.1) is 5.92 Å². The van der Waals surface area contributed by atoms with E-state index in [1.165, 1.54) is 37.1 Å². The predicted octanol–water partition coefficient (Wildman–Crippen LogP) is 3.46. The summed E-state index contributed by atoms with van der Waals surface area (Å²) in [4.78, 5) is 2.57. The predicted molar refractivity (Wildman–Crippen MR) is 75.2 cm³/mol. The van der Waals surface area contributed by atoms with Gasteiger partial charge in [0.2, 0.25) is 0 Å². The van der Waals surface area contributed by atoms with Crippen molar-refractivity contribution in [2.75, 3.05) is 11.4 Å². The summed E-state index contributed by atoms with van der Waals surface area (Å²) in [5.74, 6) is 0.937. The average molecular weight is 295 g/mol. The van der Waals surface area contributed by atoms with Crippen LogP contribution in [0.3, 0.4) is 0 Å². The molecule has 92 valence electrons. The fourth-order valence-corrected chi connectivity index (χ4v) is 4.03. The van der Waals surface area contributed by atoms with Crippen LogP contribution in [-0.4, -0.2) is 12.6 Å². The summed E-state index contributed by atoms with van der Waals surface area (Å²) in [6.45, 7) is 3.27. The molecular weight excluding hydrogens is 276 g/mol. The third kappa shape index (κ3) is 2.00. The third-order valence-corrected chi connectivity index (χ3v) is 4.90. The Morgan fingerprint density at radius 2 is 2.24 bits per heavy atom. The molecule has 0 aromatic heterocycles. The van der Waals surface area contributed by atoms with E-state index in [0.717, 1.165) is 16.4 Å². The van der Waals surface area contributed by atoms with E-state index >= 15 is 0 Å². The number of halogens is 1. The van der Waals surface area contributed by atoms with E-state index < -0.39 is 0 Å². The smallest absolute Gasteiger partial charge is 0.0380 e. The Bertz CT molecular complexity index is 430. The van der Waals surface area contributed by atoms with Gasteiger partial charge in [-0.25, -0.2) is 0 Å². The van der Waals surface area contributed by atoms with Crippen molar-refractivity contribution in [2.24, 2.45) is 11.7 Å². The highest BCUT2D eigenvalue weighted by Gasteiger charge is 2.37. The molecule has 0 spiro atoms. The Balaban J connectivity index is 1.87. The number of nitrogens with two attached hydrogens (primary N) is 1. The Labute approximate surface area is 111 Å². The lowest BCUT2D eigenvalue weighted by Crippen LogP contribution is -2.31. The number of hydrogen-bond donors (Lipinski definition) is 1. The lowest BCUT2D eigenvalue weighted by Gasteiger charge is -2.29. The molecule has 2 bridgehead atoms. The number of fused-ring (bicyclic) bond motifs is 2. The van der Waals surface area contributed by atoms with Crippen LogP contribution in [0.1, 0.15) is 37.8 Å². The monoisotopic (exact) mass is 294 g/mol. The van der Waals surface area contributed by atoms with Crippen molar-refractivity contribution in [3.8, 4) is 0 Å². The van der Waals surface area contributed by atoms with E-state index in [-0.39, 0.29) is 6.04 Å². The first kappa shape index (κ1) is 11.5. The summed E-state index contributed by atoms with van der Waals surface area (Å²) in [6.07, 6.45) is 4.20. The van der Waals surface area contributed by atoms with Gasteiger partial charge in [-0.1, -0.05) is 22.0 Å². The molecule has 2 aliphatic rings. The number of rotatable bonds is 2. The van der Waals surface area contributed by atoms with Crippen molar-refractivity contribution in [3.05, 3.63) is 28.2 Å². The standard InChI is InChI=1S/C14H19BrN2/c1-9(16)13-5-4-12(7-14(13)15)17-8-10-2-3-11(17)6-10/h4-5,7,9-11H,2-3,6,8,16H2,1H3/t9-,10?,11?/m0/s1. The van der Waals surface area contributed by atoms with Gasteiger partial charge in [-0.3, -0.25) is 0 Å². The highest BCUT2D eigenvalue weighted by Crippen LogP contribution is 2.41. The largest absolute Gasteiger partial charge is 0.368 e. The van der Waals surface area contributed by atoms with Gasteiger partial charge in [0.1, 0.15) is 0 Å². The van der Waals surface area contributed by atoms with E-state index in [1.807, 2.05) is 6.92 Å². The molecule has 2 unspecified atom stereocenters. The SMILES string of the molecule is C[C@H](N)c1ccc(N2CC3CCC2C3)cc1Br. The quantitative estimate of drug-likeness (QED) is 0.905. The summed E-state index contributed by atoms with van der Waals surface area (Å²) >= 11 is 3.64. The van der Waals surface area contributed by atoms with Gasteiger partial charge in [0.05, 0.1) is 0 Å². The zero-order chi connectivity index (χ0) is 12.0. The van der Waals surface area contributed by atoms with Crippen LogP contribution in [0.2, 0.25) is 0 Å². The van der Waals surface area contributed by atoms with Gasteiger partial charge in [0, 0.05) is 28.8 Å². The Hall–Kier alpha value is -0.540. The van der Waals surface area contributed by atoms with E-state index in [4.69, 9.17) is 5.73 Å². The molecule has 3 heteroatoms. The fourth-order valence-electron chi connectivity index (χ4n) is 3.30. The Kier molecular flexibility index (Phi) is 2.91. The van der Waals surface area contributed by atoms with Crippen LogP contribution in [0.5, 0.6) is 0 Å². The molecule has 1 heterocycles. The Morgan fingerprint density at radius 1 is 1.41 bits per heavy atom. The zero-order valence-electron chi connectivity index (χ0n) is 10.2. The summed E-state index contributed by atoms with van der Waals surface area (Å²) < 4.78 is 1.15. The van der Waals surface area contributed by atoms with E-state index in [2.05, 4.69) is 39.0 Å². The summed E-state index contributed by atoms with van der Waals surface area (Å²) in [6, 6.07) is 7.50. The molecule has 1 aliphatic carbocycles.